The Labute approximate surface area is 129 Å². The Bertz CT molecular complexity index is 751. The van der Waals surface area contributed by atoms with Crippen LogP contribution in [-0.4, -0.2) is 11.8 Å². The molecule has 5 nitrogen and oxygen atoms in total. The molecule has 23 heavy (non-hydrogen) atoms. The Hall–Kier alpha value is -2.77. The van der Waals surface area contributed by atoms with Gasteiger partial charge in [-0.1, -0.05) is 0 Å². The van der Waals surface area contributed by atoms with Gasteiger partial charge in [0.25, 0.3) is 5.91 Å². The summed E-state index contributed by atoms with van der Waals surface area (Å²) in [7, 11) is 0. The summed E-state index contributed by atoms with van der Waals surface area (Å²) in [4.78, 5) is 23.0. The fourth-order valence-corrected chi connectivity index (χ4v) is 1.98. The molecule has 0 bridgehead atoms. The largest absolute Gasteiger partial charge is 0.469 e. The number of amides is 2. The first-order valence-corrected chi connectivity index (χ1v) is 6.53. The van der Waals surface area contributed by atoms with Gasteiger partial charge in [0.15, 0.2) is 0 Å². The van der Waals surface area contributed by atoms with Crippen LogP contribution < -0.4 is 10.6 Å². The maximum Gasteiger partial charge on any atom is 0.418 e. The van der Waals surface area contributed by atoms with E-state index in [1.807, 2.05) is 0 Å². The molecule has 1 aromatic heterocycles. The third kappa shape index (κ3) is 3.91. The number of carbonyl (C=O) groups excluding carboxylic acids is 2. The Morgan fingerprint density at radius 2 is 1.83 bits per heavy atom. The van der Waals surface area contributed by atoms with Crippen LogP contribution in [0.2, 0.25) is 0 Å². The monoisotopic (exact) mass is 326 g/mol. The predicted octanol–water partition coefficient (Wildman–Crippen LogP) is 3.82. The highest BCUT2D eigenvalue weighted by Crippen LogP contribution is 2.36. The zero-order valence-electron chi connectivity index (χ0n) is 12.2. The molecule has 0 aliphatic heterocycles. The van der Waals surface area contributed by atoms with Gasteiger partial charge in [-0.2, -0.15) is 13.2 Å². The highest BCUT2D eigenvalue weighted by Gasteiger charge is 2.34. The van der Waals surface area contributed by atoms with Gasteiger partial charge in [0.2, 0.25) is 5.91 Å². The van der Waals surface area contributed by atoms with Crippen LogP contribution in [0.3, 0.4) is 0 Å². The van der Waals surface area contributed by atoms with Crippen LogP contribution in [0.1, 0.15) is 28.6 Å². The molecular formula is C15H13F3N2O3. The summed E-state index contributed by atoms with van der Waals surface area (Å²) in [5.74, 6) is -0.913. The van der Waals surface area contributed by atoms with E-state index in [0.717, 1.165) is 12.1 Å². The number of hydrogen-bond acceptors (Lipinski definition) is 3. The quantitative estimate of drug-likeness (QED) is 0.901. The van der Waals surface area contributed by atoms with Crippen molar-refractivity contribution in [1.29, 1.82) is 0 Å². The van der Waals surface area contributed by atoms with Crippen LogP contribution in [0, 0.1) is 6.92 Å². The third-order valence-electron chi connectivity index (χ3n) is 3.00. The zero-order valence-corrected chi connectivity index (χ0v) is 12.2. The fourth-order valence-electron chi connectivity index (χ4n) is 1.98. The molecule has 1 heterocycles. The lowest BCUT2D eigenvalue weighted by atomic mass is 10.1. The normalized spacial score (nSPS) is 11.2. The third-order valence-corrected chi connectivity index (χ3v) is 3.00. The molecule has 2 aromatic rings. The molecule has 8 heteroatoms. The summed E-state index contributed by atoms with van der Waals surface area (Å²) in [6.07, 6.45) is -3.42. The number of nitrogens with one attached hydrogen (secondary N) is 2. The molecule has 0 saturated heterocycles. The molecule has 0 unspecified atom stereocenters. The molecule has 2 N–H and O–H groups in total. The van der Waals surface area contributed by atoms with Crippen molar-refractivity contribution in [3.8, 4) is 0 Å². The molecule has 2 rings (SSSR count). The van der Waals surface area contributed by atoms with E-state index >= 15 is 0 Å². The van der Waals surface area contributed by atoms with Gasteiger partial charge < -0.3 is 15.1 Å². The molecule has 0 aliphatic rings. The van der Waals surface area contributed by atoms with Crippen LogP contribution in [0.25, 0.3) is 0 Å². The van der Waals surface area contributed by atoms with Gasteiger partial charge >= 0.3 is 6.18 Å². The van der Waals surface area contributed by atoms with Gasteiger partial charge in [-0.15, -0.1) is 0 Å². The van der Waals surface area contributed by atoms with Crippen molar-refractivity contribution in [2.75, 3.05) is 10.6 Å². The molecule has 0 aliphatic carbocycles. The number of benzene rings is 1. The van der Waals surface area contributed by atoms with Gasteiger partial charge in [0.05, 0.1) is 23.1 Å². The van der Waals surface area contributed by atoms with E-state index in [2.05, 4.69) is 10.6 Å². The summed E-state index contributed by atoms with van der Waals surface area (Å²) in [6.45, 7) is 2.71. The lowest BCUT2D eigenvalue weighted by Crippen LogP contribution is -2.17. The molecule has 1 aromatic carbocycles. The SMILES string of the molecule is CC(=O)Nc1ccc(NC(=O)c2ccoc2C)c(C(F)(F)F)c1. The average molecular weight is 326 g/mol. The summed E-state index contributed by atoms with van der Waals surface area (Å²) in [5, 5.41) is 4.48. The Morgan fingerprint density at radius 1 is 1.13 bits per heavy atom. The number of rotatable bonds is 3. The maximum atomic E-state index is 13.2. The fraction of sp³-hybridized carbons (Fsp3) is 0.200. The first-order chi connectivity index (χ1) is 10.7. The molecule has 2 amide bonds. The predicted molar refractivity (Wildman–Crippen MR) is 77.1 cm³/mol. The maximum absolute atomic E-state index is 13.2. The molecule has 0 saturated carbocycles. The van der Waals surface area contributed by atoms with Crippen LogP contribution in [-0.2, 0) is 11.0 Å². The number of furan rings is 1. The van der Waals surface area contributed by atoms with E-state index < -0.39 is 29.2 Å². The second-order valence-electron chi connectivity index (χ2n) is 4.78. The Balaban J connectivity index is 2.36. The van der Waals surface area contributed by atoms with E-state index in [1.165, 1.54) is 32.2 Å². The number of halogens is 3. The van der Waals surface area contributed by atoms with Gasteiger partial charge in [-0.3, -0.25) is 9.59 Å². The summed E-state index contributed by atoms with van der Waals surface area (Å²) in [6, 6.07) is 4.48. The highest BCUT2D eigenvalue weighted by molar-refractivity contribution is 6.05. The Kier molecular flexibility index (Phi) is 4.44. The number of hydrogen-bond donors (Lipinski definition) is 2. The summed E-state index contributed by atoms with van der Waals surface area (Å²) < 4.78 is 44.4. The summed E-state index contributed by atoms with van der Waals surface area (Å²) >= 11 is 0. The van der Waals surface area contributed by atoms with Crippen molar-refractivity contribution in [1.82, 2.24) is 0 Å². The first-order valence-electron chi connectivity index (χ1n) is 6.53. The molecular weight excluding hydrogens is 313 g/mol. The van der Waals surface area contributed by atoms with Gasteiger partial charge in [0, 0.05) is 12.6 Å². The highest BCUT2D eigenvalue weighted by atomic mass is 19.4. The van der Waals surface area contributed by atoms with Crippen LogP contribution >= 0.6 is 0 Å². The van der Waals surface area contributed by atoms with Crippen molar-refractivity contribution in [2.24, 2.45) is 0 Å². The van der Waals surface area contributed by atoms with Crippen molar-refractivity contribution < 1.29 is 27.2 Å². The summed E-state index contributed by atoms with van der Waals surface area (Å²) in [5.41, 5.74) is -1.33. The number of carbonyl (C=O) groups is 2. The zero-order chi connectivity index (χ0) is 17.2. The van der Waals surface area contributed by atoms with E-state index in [9.17, 15) is 22.8 Å². The number of aryl methyl sites for hydroxylation is 1. The molecule has 0 fully saturated rings. The minimum absolute atomic E-state index is 0.0117. The van der Waals surface area contributed by atoms with E-state index in [-0.39, 0.29) is 11.3 Å². The molecule has 0 spiro atoms. The van der Waals surface area contributed by atoms with Crippen molar-refractivity contribution in [3.63, 3.8) is 0 Å². The van der Waals surface area contributed by atoms with E-state index in [1.54, 1.807) is 0 Å². The van der Waals surface area contributed by atoms with Crippen LogP contribution in [0.4, 0.5) is 24.5 Å². The lowest BCUT2D eigenvalue weighted by molar-refractivity contribution is -0.137. The minimum Gasteiger partial charge on any atom is -0.469 e. The second-order valence-corrected chi connectivity index (χ2v) is 4.78. The number of alkyl halides is 3. The molecule has 0 radical (unpaired) electrons. The van der Waals surface area contributed by atoms with E-state index in [0.29, 0.717) is 5.76 Å². The van der Waals surface area contributed by atoms with Crippen LogP contribution in [0.5, 0.6) is 0 Å². The smallest absolute Gasteiger partial charge is 0.418 e. The van der Waals surface area contributed by atoms with Gasteiger partial charge in [0.1, 0.15) is 5.76 Å². The van der Waals surface area contributed by atoms with Gasteiger partial charge in [-0.05, 0) is 31.2 Å². The van der Waals surface area contributed by atoms with Crippen molar-refractivity contribution >= 4 is 23.2 Å². The van der Waals surface area contributed by atoms with Crippen molar-refractivity contribution in [3.05, 3.63) is 47.4 Å². The Morgan fingerprint density at radius 3 is 2.35 bits per heavy atom. The average Bonchev–Trinajstić information content (AvgIpc) is 2.85. The van der Waals surface area contributed by atoms with Gasteiger partial charge in [-0.25, -0.2) is 0 Å². The van der Waals surface area contributed by atoms with Crippen LogP contribution in [0.15, 0.2) is 34.9 Å². The van der Waals surface area contributed by atoms with Crippen molar-refractivity contribution in [2.45, 2.75) is 20.0 Å². The minimum atomic E-state index is -4.69. The molecule has 122 valence electrons. The standard InChI is InChI=1S/C15H13F3N2O3/c1-8-11(5-6-23-8)14(22)20-13-4-3-10(19-9(2)21)7-12(13)15(16,17)18/h3-7H,1-2H3,(H,19,21)(H,20,22). The first kappa shape index (κ1) is 16.6. The second kappa shape index (κ2) is 6.15. The lowest BCUT2D eigenvalue weighted by Gasteiger charge is -2.15. The molecule has 0 atom stereocenters. The number of anilines is 2. The van der Waals surface area contributed by atoms with E-state index in [4.69, 9.17) is 4.42 Å². The topological polar surface area (TPSA) is 71.3 Å².